The van der Waals surface area contributed by atoms with Crippen LogP contribution >= 0.6 is 0 Å². The molecule has 0 unspecified atom stereocenters. The highest BCUT2D eigenvalue weighted by molar-refractivity contribution is 6.07. The van der Waals surface area contributed by atoms with Gasteiger partial charge in [-0.3, -0.25) is 9.59 Å². The first-order valence-corrected chi connectivity index (χ1v) is 9.80. The average Bonchev–Trinajstić information content (AvgIpc) is 2.66. The number of carbonyl (C=O) groups excluding carboxylic acids is 2. The summed E-state index contributed by atoms with van der Waals surface area (Å²) in [5.41, 5.74) is 4.45. The van der Waals surface area contributed by atoms with E-state index in [1.165, 1.54) is 14.2 Å². The number of nitrogens with one attached hydrogen (secondary N) is 2. The number of methoxy groups -OCH3 is 2. The monoisotopic (exact) mass is 396 g/mol. The van der Waals surface area contributed by atoms with Crippen molar-refractivity contribution in [3.63, 3.8) is 0 Å². The van der Waals surface area contributed by atoms with Gasteiger partial charge in [-0.2, -0.15) is 0 Å². The molecule has 1 aliphatic carbocycles. The molecule has 0 atom stereocenters. The molecule has 0 radical (unpaired) electrons. The van der Waals surface area contributed by atoms with Crippen molar-refractivity contribution in [2.45, 2.75) is 46.1 Å². The van der Waals surface area contributed by atoms with Crippen molar-refractivity contribution in [1.29, 1.82) is 0 Å². The molecular weight excluding hydrogens is 368 g/mol. The summed E-state index contributed by atoms with van der Waals surface area (Å²) in [5.74, 6) is 0.319. The molecule has 1 saturated carbocycles. The van der Waals surface area contributed by atoms with E-state index in [4.69, 9.17) is 9.47 Å². The fourth-order valence-electron chi connectivity index (χ4n) is 3.40. The van der Waals surface area contributed by atoms with E-state index in [0.29, 0.717) is 28.3 Å². The minimum Gasteiger partial charge on any atom is -0.493 e. The summed E-state index contributed by atoms with van der Waals surface area (Å²) in [6, 6.07) is 7.33. The molecule has 3 rings (SSSR count). The number of anilines is 1. The number of rotatable bonds is 6. The molecule has 2 aromatic rings. The van der Waals surface area contributed by atoms with E-state index < -0.39 is 0 Å². The first kappa shape index (κ1) is 20.7. The molecule has 0 aromatic heterocycles. The molecule has 0 saturated heterocycles. The molecule has 2 N–H and O–H groups in total. The lowest BCUT2D eigenvalue weighted by molar-refractivity contribution is 0.0915. The van der Waals surface area contributed by atoms with Crippen LogP contribution in [0, 0.1) is 20.8 Å². The van der Waals surface area contributed by atoms with E-state index >= 15 is 0 Å². The molecule has 1 aliphatic rings. The maximum absolute atomic E-state index is 13.0. The predicted molar refractivity (Wildman–Crippen MR) is 113 cm³/mol. The van der Waals surface area contributed by atoms with Gasteiger partial charge in [0.1, 0.15) is 0 Å². The molecule has 2 amide bonds. The van der Waals surface area contributed by atoms with Crippen LogP contribution in [0.1, 0.15) is 56.7 Å². The first-order valence-electron chi connectivity index (χ1n) is 9.80. The van der Waals surface area contributed by atoms with E-state index in [1.54, 1.807) is 12.1 Å². The smallest absolute Gasteiger partial charge is 0.256 e. The number of benzene rings is 2. The van der Waals surface area contributed by atoms with Crippen molar-refractivity contribution in [2.24, 2.45) is 0 Å². The van der Waals surface area contributed by atoms with Crippen molar-refractivity contribution < 1.29 is 19.1 Å². The zero-order chi connectivity index (χ0) is 21.1. The Hall–Kier alpha value is -3.02. The second kappa shape index (κ2) is 8.55. The Kier molecular flexibility index (Phi) is 6.11. The largest absolute Gasteiger partial charge is 0.493 e. The van der Waals surface area contributed by atoms with Gasteiger partial charge in [-0.05, 0) is 74.9 Å². The Morgan fingerprint density at radius 1 is 0.897 bits per heavy atom. The second-order valence-electron chi connectivity index (χ2n) is 7.57. The quantitative estimate of drug-likeness (QED) is 0.769. The van der Waals surface area contributed by atoms with Gasteiger partial charge in [0.15, 0.2) is 11.5 Å². The van der Waals surface area contributed by atoms with Crippen molar-refractivity contribution in [1.82, 2.24) is 5.32 Å². The summed E-state index contributed by atoms with van der Waals surface area (Å²) in [5, 5.41) is 5.90. The van der Waals surface area contributed by atoms with Gasteiger partial charge in [0.25, 0.3) is 11.8 Å². The van der Waals surface area contributed by atoms with Crippen LogP contribution in [0.3, 0.4) is 0 Å². The van der Waals surface area contributed by atoms with E-state index in [2.05, 4.69) is 10.6 Å². The van der Waals surface area contributed by atoms with Crippen LogP contribution in [0.4, 0.5) is 5.69 Å². The molecule has 154 valence electrons. The number of ether oxygens (including phenoxy) is 2. The van der Waals surface area contributed by atoms with Gasteiger partial charge in [0.05, 0.1) is 19.9 Å². The summed E-state index contributed by atoms with van der Waals surface area (Å²) in [7, 11) is 3.01. The van der Waals surface area contributed by atoms with Crippen LogP contribution in [-0.4, -0.2) is 32.1 Å². The van der Waals surface area contributed by atoms with Gasteiger partial charge in [0.2, 0.25) is 0 Å². The normalized spacial score (nSPS) is 13.4. The van der Waals surface area contributed by atoms with Crippen LogP contribution in [0.5, 0.6) is 11.5 Å². The third kappa shape index (κ3) is 4.36. The van der Waals surface area contributed by atoms with E-state index in [9.17, 15) is 9.59 Å². The van der Waals surface area contributed by atoms with Crippen molar-refractivity contribution in [3.8, 4) is 11.5 Å². The zero-order valence-electron chi connectivity index (χ0n) is 17.6. The van der Waals surface area contributed by atoms with Crippen molar-refractivity contribution in [2.75, 3.05) is 19.5 Å². The Morgan fingerprint density at radius 3 is 2.17 bits per heavy atom. The lowest BCUT2D eigenvalue weighted by Crippen LogP contribution is -2.39. The number of amides is 2. The van der Waals surface area contributed by atoms with Crippen LogP contribution in [0.15, 0.2) is 24.3 Å². The minimum absolute atomic E-state index is 0.187. The highest BCUT2D eigenvalue weighted by Crippen LogP contribution is 2.37. The third-order valence-corrected chi connectivity index (χ3v) is 5.51. The standard InChI is InChI=1S/C23H28N2O4/c1-13-9-15(3)18(10-14(13)2)23(27)25-19-11-16(12-20(28-4)21(19)29-5)22(26)24-17-7-6-8-17/h9-12,17H,6-8H2,1-5H3,(H,24,26)(H,25,27). The molecule has 2 aromatic carbocycles. The van der Waals surface area contributed by atoms with Gasteiger partial charge in [-0.15, -0.1) is 0 Å². The summed E-state index contributed by atoms with van der Waals surface area (Å²) in [6.45, 7) is 5.89. The van der Waals surface area contributed by atoms with Gasteiger partial charge in [-0.1, -0.05) is 6.07 Å². The Morgan fingerprint density at radius 2 is 1.59 bits per heavy atom. The predicted octanol–water partition coefficient (Wildman–Crippen LogP) is 4.16. The number of aryl methyl sites for hydroxylation is 3. The van der Waals surface area contributed by atoms with Gasteiger partial charge < -0.3 is 20.1 Å². The summed E-state index contributed by atoms with van der Waals surface area (Å²) in [6.07, 6.45) is 3.12. The molecule has 1 fully saturated rings. The fourth-order valence-corrected chi connectivity index (χ4v) is 3.40. The number of hydrogen-bond acceptors (Lipinski definition) is 4. The Labute approximate surface area is 171 Å². The molecule has 0 aliphatic heterocycles. The van der Waals surface area contributed by atoms with Crippen LogP contribution < -0.4 is 20.1 Å². The highest BCUT2D eigenvalue weighted by Gasteiger charge is 2.23. The lowest BCUT2D eigenvalue weighted by Gasteiger charge is -2.26. The molecule has 0 bridgehead atoms. The molecule has 29 heavy (non-hydrogen) atoms. The lowest BCUT2D eigenvalue weighted by atomic mass is 9.93. The summed E-state index contributed by atoms with van der Waals surface area (Å²) in [4.78, 5) is 25.6. The maximum Gasteiger partial charge on any atom is 0.256 e. The zero-order valence-corrected chi connectivity index (χ0v) is 17.6. The highest BCUT2D eigenvalue weighted by atomic mass is 16.5. The van der Waals surface area contributed by atoms with Gasteiger partial charge in [0, 0.05) is 17.2 Å². The van der Waals surface area contributed by atoms with E-state index in [1.807, 2.05) is 32.9 Å². The van der Waals surface area contributed by atoms with Gasteiger partial charge in [-0.25, -0.2) is 0 Å². The Bertz CT molecular complexity index is 948. The molecule has 0 spiro atoms. The second-order valence-corrected chi connectivity index (χ2v) is 7.57. The van der Waals surface area contributed by atoms with E-state index in [0.717, 1.165) is 36.0 Å². The van der Waals surface area contributed by atoms with Crippen LogP contribution in [0.25, 0.3) is 0 Å². The first-order chi connectivity index (χ1) is 13.8. The van der Waals surface area contributed by atoms with Crippen molar-refractivity contribution >= 4 is 17.5 Å². The maximum atomic E-state index is 13.0. The summed E-state index contributed by atoms with van der Waals surface area (Å²) < 4.78 is 10.9. The minimum atomic E-state index is -0.262. The molecule has 0 heterocycles. The fraction of sp³-hybridized carbons (Fsp3) is 0.391. The topological polar surface area (TPSA) is 76.7 Å². The van der Waals surface area contributed by atoms with Crippen LogP contribution in [0.2, 0.25) is 0 Å². The SMILES string of the molecule is COc1cc(C(=O)NC2CCC2)cc(NC(=O)c2cc(C)c(C)cc2C)c1OC. The number of hydrogen-bond donors (Lipinski definition) is 2. The Balaban J connectivity index is 1.94. The summed E-state index contributed by atoms with van der Waals surface area (Å²) >= 11 is 0. The molecular formula is C23H28N2O4. The van der Waals surface area contributed by atoms with Crippen LogP contribution in [-0.2, 0) is 0 Å². The number of carbonyl (C=O) groups is 2. The average molecular weight is 396 g/mol. The third-order valence-electron chi connectivity index (χ3n) is 5.51. The molecule has 6 nitrogen and oxygen atoms in total. The van der Waals surface area contributed by atoms with E-state index in [-0.39, 0.29) is 17.9 Å². The molecule has 6 heteroatoms. The van der Waals surface area contributed by atoms with Crippen molar-refractivity contribution in [3.05, 3.63) is 52.1 Å². The van der Waals surface area contributed by atoms with Gasteiger partial charge >= 0.3 is 0 Å².